The fourth-order valence-electron chi connectivity index (χ4n) is 4.12. The van der Waals surface area contributed by atoms with Gasteiger partial charge in [0.25, 0.3) is 0 Å². The quantitative estimate of drug-likeness (QED) is 0.679. The van der Waals surface area contributed by atoms with Crippen molar-refractivity contribution in [3.63, 3.8) is 0 Å². The van der Waals surface area contributed by atoms with E-state index in [9.17, 15) is 9.18 Å². The van der Waals surface area contributed by atoms with Gasteiger partial charge in [0, 0.05) is 30.5 Å². The Morgan fingerprint density at radius 1 is 1.26 bits per heavy atom. The molecule has 1 saturated heterocycles. The number of nitrogens with two attached hydrogens (primary N) is 1. The second-order valence-electron chi connectivity index (χ2n) is 7.95. The summed E-state index contributed by atoms with van der Waals surface area (Å²) in [4.78, 5) is 19.4. The highest BCUT2D eigenvalue weighted by Crippen LogP contribution is 2.41. The van der Waals surface area contributed by atoms with Gasteiger partial charge in [0.05, 0.1) is 27.7 Å². The first-order valence-corrected chi connectivity index (χ1v) is 10.8. The van der Waals surface area contributed by atoms with Gasteiger partial charge in [-0.15, -0.1) is 0 Å². The van der Waals surface area contributed by atoms with E-state index in [0.717, 1.165) is 12.8 Å². The Kier molecular flexibility index (Phi) is 6.10. The molecule has 0 aliphatic carbocycles. The van der Waals surface area contributed by atoms with Crippen molar-refractivity contribution in [2.75, 3.05) is 18.5 Å². The summed E-state index contributed by atoms with van der Waals surface area (Å²) in [6.45, 7) is 3.05. The van der Waals surface area contributed by atoms with E-state index in [-0.39, 0.29) is 29.4 Å². The third-order valence-electron chi connectivity index (χ3n) is 5.71. The maximum absolute atomic E-state index is 13.5. The van der Waals surface area contributed by atoms with Gasteiger partial charge in [-0.3, -0.25) is 9.69 Å². The number of carbonyl (C=O) groups is 1. The smallest absolute Gasteiger partial charge is 0.232 e. The molecule has 0 unspecified atom stereocenters. The van der Waals surface area contributed by atoms with E-state index in [1.54, 1.807) is 17.0 Å². The maximum Gasteiger partial charge on any atom is 0.232 e. The van der Waals surface area contributed by atoms with Crippen molar-refractivity contribution >= 4 is 46.4 Å². The van der Waals surface area contributed by atoms with E-state index in [0.29, 0.717) is 35.2 Å². The fourth-order valence-corrected chi connectivity index (χ4v) is 4.67. The van der Waals surface area contributed by atoms with Crippen molar-refractivity contribution < 1.29 is 13.9 Å². The Morgan fingerprint density at radius 2 is 2.00 bits per heavy atom. The molecule has 0 aromatic heterocycles. The Balaban J connectivity index is 1.64. The Bertz CT molecular complexity index is 1040. The highest BCUT2D eigenvalue weighted by molar-refractivity contribution is 6.34. The fraction of sp³-hybridized carbons (Fsp3) is 0.364. The molecule has 164 valence electrons. The molecule has 0 bridgehead atoms. The Hall–Kier alpha value is -2.35. The van der Waals surface area contributed by atoms with Gasteiger partial charge in [-0.2, -0.15) is 0 Å². The summed E-state index contributed by atoms with van der Waals surface area (Å²) in [5.74, 6) is -0.383. The standard InChI is InChI=1S/C22H23Cl2FN4O2/c1-22(12-19(30)29(21(26)28-22)14-7-9-31-10-8-14)15-3-2-4-18(20(15)24)27-13-5-6-17(25)16(23)11-13/h2-6,11,14,27H,7-10,12H2,1H3,(H2,26,28)/t22-/m0/s1. The first-order chi connectivity index (χ1) is 14.8. The molecule has 9 heteroatoms. The van der Waals surface area contributed by atoms with Crippen molar-refractivity contribution in [2.45, 2.75) is 37.8 Å². The van der Waals surface area contributed by atoms with E-state index in [2.05, 4.69) is 5.32 Å². The number of hydrogen-bond donors (Lipinski definition) is 2. The van der Waals surface area contributed by atoms with Crippen LogP contribution in [0, 0.1) is 5.82 Å². The van der Waals surface area contributed by atoms with Crippen LogP contribution in [0.15, 0.2) is 41.4 Å². The van der Waals surface area contributed by atoms with Crippen LogP contribution >= 0.6 is 23.2 Å². The lowest BCUT2D eigenvalue weighted by Gasteiger charge is -2.40. The number of nitrogens with zero attached hydrogens (tertiary/aromatic N) is 2. The zero-order chi connectivity index (χ0) is 22.2. The SMILES string of the molecule is C[C@@]1(c2cccc(Nc3ccc(F)c(Cl)c3)c2Cl)CC(=O)N(C2CCOCC2)C(N)=N1. The average Bonchev–Trinajstić information content (AvgIpc) is 2.72. The first-order valence-electron chi connectivity index (χ1n) is 10.0. The van der Waals surface area contributed by atoms with Gasteiger partial charge in [-0.25, -0.2) is 9.38 Å². The molecule has 2 aromatic carbocycles. The lowest BCUT2D eigenvalue weighted by molar-refractivity contribution is -0.132. The molecule has 2 aliphatic rings. The van der Waals surface area contributed by atoms with Crippen LogP contribution in [-0.4, -0.2) is 36.0 Å². The first kappa shape index (κ1) is 21.9. The minimum atomic E-state index is -0.905. The number of amides is 1. The summed E-state index contributed by atoms with van der Waals surface area (Å²) in [7, 11) is 0. The molecule has 2 aromatic rings. The van der Waals surface area contributed by atoms with Gasteiger partial charge >= 0.3 is 0 Å². The number of hydrogen-bond acceptors (Lipinski definition) is 5. The summed E-state index contributed by atoms with van der Waals surface area (Å²) in [6, 6.07) is 9.77. The predicted molar refractivity (Wildman–Crippen MR) is 120 cm³/mol. The molecule has 0 spiro atoms. The highest BCUT2D eigenvalue weighted by Gasteiger charge is 2.41. The molecule has 4 rings (SSSR count). The highest BCUT2D eigenvalue weighted by atomic mass is 35.5. The molecule has 31 heavy (non-hydrogen) atoms. The monoisotopic (exact) mass is 464 g/mol. The van der Waals surface area contributed by atoms with Crippen LogP contribution in [0.25, 0.3) is 0 Å². The van der Waals surface area contributed by atoms with Gasteiger partial charge < -0.3 is 15.8 Å². The molecule has 0 saturated carbocycles. The number of carbonyl (C=O) groups excluding carboxylic acids is 1. The molecule has 2 heterocycles. The van der Waals surface area contributed by atoms with E-state index in [4.69, 9.17) is 38.7 Å². The Labute approximate surface area is 190 Å². The second-order valence-corrected chi connectivity index (χ2v) is 8.73. The van der Waals surface area contributed by atoms with Gasteiger partial charge in [-0.1, -0.05) is 35.3 Å². The zero-order valence-electron chi connectivity index (χ0n) is 17.0. The normalized spacial score (nSPS) is 22.4. The van der Waals surface area contributed by atoms with Gasteiger partial charge in [0.2, 0.25) is 5.91 Å². The molecule has 1 atom stereocenters. The van der Waals surface area contributed by atoms with Gasteiger partial charge in [0.1, 0.15) is 5.82 Å². The van der Waals surface area contributed by atoms with Crippen LogP contribution in [0.5, 0.6) is 0 Å². The third-order valence-corrected chi connectivity index (χ3v) is 6.40. The number of anilines is 2. The predicted octanol–water partition coefficient (Wildman–Crippen LogP) is 4.82. The van der Waals surface area contributed by atoms with Gasteiger partial charge in [-0.05, 0) is 44.0 Å². The molecule has 1 fully saturated rings. The number of halogens is 3. The molecule has 3 N–H and O–H groups in total. The molecular formula is C22H23Cl2FN4O2. The maximum atomic E-state index is 13.5. The zero-order valence-corrected chi connectivity index (χ0v) is 18.5. The number of guanidine groups is 1. The minimum absolute atomic E-state index is 0.00116. The molecule has 2 aliphatic heterocycles. The van der Waals surface area contributed by atoms with Crippen LogP contribution in [-0.2, 0) is 15.1 Å². The summed E-state index contributed by atoms with van der Waals surface area (Å²) in [6.07, 6.45) is 1.62. The number of benzene rings is 2. The summed E-state index contributed by atoms with van der Waals surface area (Å²) >= 11 is 12.6. The lowest BCUT2D eigenvalue weighted by Crippen LogP contribution is -2.55. The van der Waals surface area contributed by atoms with Crippen molar-refractivity contribution in [1.82, 2.24) is 4.90 Å². The number of ether oxygens (including phenoxy) is 1. The van der Waals surface area contributed by atoms with Crippen LogP contribution < -0.4 is 11.1 Å². The van der Waals surface area contributed by atoms with Crippen molar-refractivity contribution in [3.8, 4) is 0 Å². The molecule has 6 nitrogen and oxygen atoms in total. The van der Waals surface area contributed by atoms with E-state index < -0.39 is 11.4 Å². The lowest BCUT2D eigenvalue weighted by atomic mass is 9.86. The topological polar surface area (TPSA) is 80.0 Å². The number of rotatable bonds is 4. The molecular weight excluding hydrogens is 442 g/mol. The number of nitrogens with one attached hydrogen (secondary N) is 1. The average molecular weight is 465 g/mol. The molecule has 0 radical (unpaired) electrons. The largest absolute Gasteiger partial charge is 0.381 e. The van der Waals surface area contributed by atoms with E-state index >= 15 is 0 Å². The number of aliphatic imine (C=N–C) groups is 1. The summed E-state index contributed by atoms with van der Waals surface area (Å²) in [5, 5.41) is 3.57. The van der Waals surface area contributed by atoms with Crippen molar-refractivity contribution in [2.24, 2.45) is 10.7 Å². The minimum Gasteiger partial charge on any atom is -0.381 e. The summed E-state index contributed by atoms with van der Waals surface area (Å²) in [5.41, 5.74) is 7.21. The summed E-state index contributed by atoms with van der Waals surface area (Å²) < 4.78 is 18.8. The van der Waals surface area contributed by atoms with Crippen LogP contribution in [0.2, 0.25) is 10.0 Å². The third kappa shape index (κ3) is 4.35. The van der Waals surface area contributed by atoms with E-state index in [1.807, 2.05) is 19.1 Å². The Morgan fingerprint density at radius 3 is 2.68 bits per heavy atom. The van der Waals surface area contributed by atoms with Crippen LogP contribution in [0.4, 0.5) is 15.8 Å². The van der Waals surface area contributed by atoms with Crippen molar-refractivity contribution in [1.29, 1.82) is 0 Å². The van der Waals surface area contributed by atoms with Crippen molar-refractivity contribution in [3.05, 3.63) is 57.8 Å². The molecule has 1 amide bonds. The van der Waals surface area contributed by atoms with E-state index in [1.165, 1.54) is 12.1 Å². The van der Waals surface area contributed by atoms with Crippen LogP contribution in [0.3, 0.4) is 0 Å². The van der Waals surface area contributed by atoms with Gasteiger partial charge in [0.15, 0.2) is 5.96 Å². The van der Waals surface area contributed by atoms with Crippen LogP contribution in [0.1, 0.15) is 31.7 Å². The second kappa shape index (κ2) is 8.65.